The smallest absolute Gasteiger partial charge is 0.115 e. The second-order valence-corrected chi connectivity index (χ2v) is 13.3. The van der Waals surface area contributed by atoms with Gasteiger partial charge in [0.2, 0.25) is 0 Å². The highest BCUT2D eigenvalue weighted by molar-refractivity contribution is 7.85. The van der Waals surface area contributed by atoms with E-state index in [0.29, 0.717) is 18.2 Å². The van der Waals surface area contributed by atoms with E-state index in [9.17, 15) is 14.4 Å². The molecule has 1 aromatic carbocycles. The van der Waals surface area contributed by atoms with Crippen LogP contribution < -0.4 is 0 Å². The van der Waals surface area contributed by atoms with Gasteiger partial charge in [0, 0.05) is 58.8 Å². The number of aliphatic hydroxyl groups is 1. The van der Waals surface area contributed by atoms with E-state index in [1.807, 2.05) is 12.1 Å². The summed E-state index contributed by atoms with van der Waals surface area (Å²) in [6.07, 6.45) is 7.61. The van der Waals surface area contributed by atoms with Crippen LogP contribution in [0.1, 0.15) is 66.2 Å². The van der Waals surface area contributed by atoms with Crippen molar-refractivity contribution in [3.63, 3.8) is 0 Å². The van der Waals surface area contributed by atoms with Crippen LogP contribution in [0.4, 0.5) is 0 Å². The summed E-state index contributed by atoms with van der Waals surface area (Å²) in [5.41, 5.74) is 4.71. The lowest BCUT2D eigenvalue weighted by atomic mass is 9.49. The number of aryl methyl sites for hydroxylation is 1. The maximum atomic E-state index is 12.7. The van der Waals surface area contributed by atoms with Crippen LogP contribution in [0.2, 0.25) is 0 Å². The van der Waals surface area contributed by atoms with E-state index < -0.39 is 21.8 Å². The zero-order chi connectivity index (χ0) is 23.2. The first-order chi connectivity index (χ1) is 16.4. The number of nitrogens with zero attached hydrogens (tertiary/aromatic N) is 3. The number of likely N-dealkylation sites (tertiary alicyclic amines) is 1. The molecule has 2 aromatic rings. The number of hydrogen-bond acceptors (Lipinski definition) is 5. The van der Waals surface area contributed by atoms with Crippen LogP contribution in [0.3, 0.4) is 0 Å². The number of phenolic OH excluding ortho intramolecular Hbond substituents is 1. The summed E-state index contributed by atoms with van der Waals surface area (Å²) in [5.74, 6) is 2.59. The normalized spacial score (nSPS) is 37.1. The second kappa shape index (κ2) is 7.40. The Kier molecular flexibility index (Phi) is 4.70. The maximum Gasteiger partial charge on any atom is 0.115 e. The molecule has 1 saturated carbocycles. The van der Waals surface area contributed by atoms with Gasteiger partial charge in [0.05, 0.1) is 17.3 Å². The van der Waals surface area contributed by atoms with E-state index in [0.717, 1.165) is 73.9 Å². The van der Waals surface area contributed by atoms with Gasteiger partial charge in [-0.05, 0) is 86.7 Å². The molecule has 2 bridgehead atoms. The lowest BCUT2D eigenvalue weighted by Crippen LogP contribution is -2.74. The molecule has 0 spiro atoms. The largest absolute Gasteiger partial charge is 0.508 e. The highest BCUT2D eigenvalue weighted by atomic mass is 32.2. The molecule has 3 atom stereocenters. The highest BCUT2D eigenvalue weighted by Gasteiger charge is 2.65. The van der Waals surface area contributed by atoms with Gasteiger partial charge in [-0.2, -0.15) is 5.10 Å². The first-order valence-electron chi connectivity index (χ1n) is 13.1. The lowest BCUT2D eigenvalue weighted by Gasteiger charge is -2.63. The minimum absolute atomic E-state index is 0.104. The van der Waals surface area contributed by atoms with Crippen molar-refractivity contribution in [1.29, 1.82) is 0 Å². The monoisotopic (exact) mass is 481 g/mol. The van der Waals surface area contributed by atoms with Crippen LogP contribution in [-0.2, 0) is 35.5 Å². The number of piperidine rings is 1. The average Bonchev–Trinajstić information content (AvgIpc) is 3.58. The molecule has 2 aliphatic heterocycles. The van der Waals surface area contributed by atoms with Gasteiger partial charge >= 0.3 is 0 Å². The van der Waals surface area contributed by atoms with Crippen LogP contribution in [0.15, 0.2) is 18.2 Å². The molecular formula is C27H35N3O3S. The van der Waals surface area contributed by atoms with E-state index in [2.05, 4.69) is 22.6 Å². The molecule has 3 fully saturated rings. The molecule has 3 aliphatic carbocycles. The standard InChI is InChI=1S/C27H35N3O3S/c1-17-22-14-27(32)25-12-19-4-5-21(31)13-23(19)26(27,8-9-29(25)16-18-2-3-18)15-24(22)30(28-17)20-6-10-34(33)11-7-20/h4-5,13,18,20,25,31-32H,2-3,6-12,14-16H2,1H3/t20?,25-,26-,27-,34?/m1/s1. The molecule has 7 rings (SSSR count). The quantitative estimate of drug-likeness (QED) is 0.705. The van der Waals surface area contributed by atoms with Crippen molar-refractivity contribution in [3.05, 3.63) is 46.3 Å². The van der Waals surface area contributed by atoms with Gasteiger partial charge in [0.25, 0.3) is 0 Å². The number of rotatable bonds is 3. The van der Waals surface area contributed by atoms with Gasteiger partial charge in [-0.1, -0.05) is 6.07 Å². The topological polar surface area (TPSA) is 78.6 Å². The van der Waals surface area contributed by atoms with E-state index in [1.165, 1.54) is 29.7 Å². The third-order valence-electron chi connectivity index (χ3n) is 9.80. The zero-order valence-corrected chi connectivity index (χ0v) is 20.8. The van der Waals surface area contributed by atoms with Crippen molar-refractivity contribution in [2.45, 2.75) is 81.4 Å². The zero-order valence-electron chi connectivity index (χ0n) is 20.0. The van der Waals surface area contributed by atoms with Crippen LogP contribution in [0.25, 0.3) is 0 Å². The molecular weight excluding hydrogens is 446 g/mol. The fourth-order valence-electron chi connectivity index (χ4n) is 7.79. The first kappa shape index (κ1) is 21.6. The molecule has 182 valence electrons. The molecule has 3 heterocycles. The fourth-order valence-corrected chi connectivity index (χ4v) is 9.07. The number of aromatic hydroxyl groups is 1. The van der Waals surface area contributed by atoms with Gasteiger partial charge < -0.3 is 10.2 Å². The minimum Gasteiger partial charge on any atom is -0.508 e. The molecule has 2 N–H and O–H groups in total. The lowest BCUT2D eigenvalue weighted by molar-refractivity contribution is -0.152. The predicted molar refractivity (Wildman–Crippen MR) is 132 cm³/mol. The minimum atomic E-state index is -0.860. The SMILES string of the molecule is Cc1nn(C2CCS(=O)CC2)c2c1C[C@@]1(O)[C@H]3Cc4ccc(O)cc4[C@@]1(CCN3CC1CC1)C2. The van der Waals surface area contributed by atoms with Gasteiger partial charge in [0.1, 0.15) is 5.75 Å². The Bertz CT molecular complexity index is 1180. The van der Waals surface area contributed by atoms with Crippen molar-refractivity contribution in [2.24, 2.45) is 5.92 Å². The molecule has 0 unspecified atom stereocenters. The molecule has 5 aliphatic rings. The van der Waals surface area contributed by atoms with Gasteiger partial charge in [-0.15, -0.1) is 0 Å². The summed E-state index contributed by atoms with van der Waals surface area (Å²) in [4.78, 5) is 2.59. The molecule has 2 saturated heterocycles. The second-order valence-electron chi connectivity index (χ2n) is 11.6. The Hall–Kier alpha value is -1.70. The van der Waals surface area contributed by atoms with Gasteiger partial charge in [0.15, 0.2) is 0 Å². The van der Waals surface area contributed by atoms with Crippen molar-refractivity contribution >= 4 is 10.8 Å². The van der Waals surface area contributed by atoms with Crippen LogP contribution in [-0.4, -0.2) is 65.3 Å². The number of aromatic nitrogens is 2. The average molecular weight is 482 g/mol. The Morgan fingerprint density at radius 3 is 2.74 bits per heavy atom. The van der Waals surface area contributed by atoms with E-state index >= 15 is 0 Å². The number of fused-ring (bicyclic) bond motifs is 2. The van der Waals surface area contributed by atoms with Crippen molar-refractivity contribution in [3.8, 4) is 5.75 Å². The maximum absolute atomic E-state index is 12.7. The summed E-state index contributed by atoms with van der Waals surface area (Å²) in [7, 11) is -0.699. The number of phenols is 1. The highest BCUT2D eigenvalue weighted by Crippen LogP contribution is 2.58. The molecule has 34 heavy (non-hydrogen) atoms. The molecule has 0 radical (unpaired) electrons. The first-order valence-corrected chi connectivity index (χ1v) is 14.6. The Balaban J connectivity index is 1.37. The summed E-state index contributed by atoms with van der Waals surface area (Å²) in [6.45, 7) is 4.20. The number of hydrogen-bond donors (Lipinski definition) is 2. The van der Waals surface area contributed by atoms with E-state index in [-0.39, 0.29) is 6.04 Å². The van der Waals surface area contributed by atoms with Gasteiger partial charge in [-0.3, -0.25) is 13.8 Å². The van der Waals surface area contributed by atoms with E-state index in [4.69, 9.17) is 5.10 Å². The van der Waals surface area contributed by atoms with E-state index in [1.54, 1.807) is 0 Å². The Morgan fingerprint density at radius 1 is 1.18 bits per heavy atom. The third-order valence-corrected chi connectivity index (χ3v) is 11.2. The Morgan fingerprint density at radius 2 is 1.97 bits per heavy atom. The Labute approximate surface area is 203 Å². The summed E-state index contributed by atoms with van der Waals surface area (Å²) < 4.78 is 14.3. The van der Waals surface area contributed by atoms with Crippen LogP contribution in [0, 0.1) is 12.8 Å². The molecule has 6 nitrogen and oxygen atoms in total. The predicted octanol–water partition coefficient (Wildman–Crippen LogP) is 2.79. The molecule has 1 aromatic heterocycles. The summed E-state index contributed by atoms with van der Waals surface area (Å²) >= 11 is 0. The van der Waals surface area contributed by atoms with Crippen molar-refractivity contribution in [1.82, 2.24) is 14.7 Å². The summed E-state index contributed by atoms with van der Waals surface area (Å²) in [6, 6.07) is 6.24. The van der Waals surface area contributed by atoms with Crippen LogP contribution >= 0.6 is 0 Å². The van der Waals surface area contributed by atoms with Crippen molar-refractivity contribution in [2.75, 3.05) is 24.6 Å². The van der Waals surface area contributed by atoms with Crippen molar-refractivity contribution < 1.29 is 14.4 Å². The number of benzene rings is 1. The summed E-state index contributed by atoms with van der Waals surface area (Å²) in [5, 5.41) is 28.2. The molecule has 0 amide bonds. The van der Waals surface area contributed by atoms with Gasteiger partial charge in [-0.25, -0.2) is 0 Å². The molecule has 7 heteroatoms. The van der Waals surface area contributed by atoms with Crippen LogP contribution in [0.5, 0.6) is 5.75 Å². The third kappa shape index (κ3) is 2.99. The fraction of sp³-hybridized carbons (Fsp3) is 0.667.